The number of aromatic nitrogens is 1. The molecule has 0 spiro atoms. The van der Waals surface area contributed by atoms with Crippen molar-refractivity contribution in [3.63, 3.8) is 0 Å². The van der Waals surface area contributed by atoms with Gasteiger partial charge in [-0.25, -0.2) is 4.79 Å². The number of hydrogen-bond donors (Lipinski definition) is 0. The molecule has 2 aromatic rings. The fourth-order valence-corrected chi connectivity index (χ4v) is 1.94. The number of hydrogen-bond acceptors (Lipinski definition) is 4. The van der Waals surface area contributed by atoms with E-state index in [4.69, 9.17) is 9.26 Å². The van der Waals surface area contributed by atoms with Crippen LogP contribution in [0.4, 0.5) is 0 Å². The first-order valence-electron chi connectivity index (χ1n) is 6.19. The molecule has 0 N–H and O–H groups in total. The van der Waals surface area contributed by atoms with E-state index in [-0.39, 0.29) is 0 Å². The number of nitrogens with zero attached hydrogens (tertiary/aromatic N) is 1. The summed E-state index contributed by atoms with van der Waals surface area (Å²) in [5, 5.41) is 3.95. The lowest BCUT2D eigenvalue weighted by Crippen LogP contribution is -2.03. The Kier molecular flexibility index (Phi) is 3.69. The molecule has 0 bridgehead atoms. The average Bonchev–Trinajstić information content (AvgIpc) is 2.80. The molecule has 0 aliphatic heterocycles. The quantitative estimate of drug-likeness (QED) is 0.791. The van der Waals surface area contributed by atoms with E-state index in [9.17, 15) is 4.79 Å². The molecule has 19 heavy (non-hydrogen) atoms. The van der Waals surface area contributed by atoms with Crippen LogP contribution in [0.1, 0.15) is 41.4 Å². The van der Waals surface area contributed by atoms with Crippen molar-refractivity contribution in [2.75, 3.05) is 7.11 Å². The lowest BCUT2D eigenvalue weighted by atomic mass is 9.99. The monoisotopic (exact) mass is 259 g/mol. The van der Waals surface area contributed by atoms with Crippen molar-refractivity contribution in [2.24, 2.45) is 0 Å². The number of carbonyl (C=O) groups excluding carboxylic acids is 1. The molecule has 1 heterocycles. The third-order valence-corrected chi connectivity index (χ3v) is 3.10. The van der Waals surface area contributed by atoms with E-state index in [2.05, 4.69) is 19.0 Å². The molecule has 0 fully saturated rings. The van der Waals surface area contributed by atoms with Crippen LogP contribution in [0, 0.1) is 6.92 Å². The highest BCUT2D eigenvalue weighted by Crippen LogP contribution is 2.27. The van der Waals surface area contributed by atoms with E-state index < -0.39 is 5.97 Å². The van der Waals surface area contributed by atoms with Crippen molar-refractivity contribution in [2.45, 2.75) is 26.7 Å². The Labute approximate surface area is 112 Å². The molecule has 0 saturated heterocycles. The third kappa shape index (κ3) is 2.52. The summed E-state index contributed by atoms with van der Waals surface area (Å²) in [6.07, 6.45) is 0. The van der Waals surface area contributed by atoms with Crippen molar-refractivity contribution >= 4 is 5.97 Å². The standard InChI is InChI=1S/C15H17NO3/c1-9(2)11-5-7-12(8-6-11)14-13(15(17)18-4)10(3)19-16-14/h5-9H,1-4H3. The lowest BCUT2D eigenvalue weighted by Gasteiger charge is -2.06. The van der Waals surface area contributed by atoms with Crippen molar-refractivity contribution in [1.82, 2.24) is 5.16 Å². The van der Waals surface area contributed by atoms with Crippen molar-refractivity contribution in [3.05, 3.63) is 41.2 Å². The summed E-state index contributed by atoms with van der Waals surface area (Å²) >= 11 is 0. The zero-order valence-electron chi connectivity index (χ0n) is 11.6. The van der Waals surface area contributed by atoms with E-state index >= 15 is 0 Å². The summed E-state index contributed by atoms with van der Waals surface area (Å²) in [7, 11) is 1.35. The molecule has 0 saturated carbocycles. The van der Waals surface area contributed by atoms with Gasteiger partial charge in [-0.05, 0) is 18.4 Å². The van der Waals surface area contributed by atoms with Gasteiger partial charge in [-0.1, -0.05) is 43.3 Å². The second-order valence-electron chi connectivity index (χ2n) is 4.73. The van der Waals surface area contributed by atoms with E-state index in [0.29, 0.717) is 22.9 Å². The maximum Gasteiger partial charge on any atom is 0.343 e. The van der Waals surface area contributed by atoms with Crippen LogP contribution in [0.3, 0.4) is 0 Å². The molecular weight excluding hydrogens is 242 g/mol. The minimum absolute atomic E-state index is 0.389. The molecule has 0 aliphatic rings. The molecule has 4 nitrogen and oxygen atoms in total. The highest BCUT2D eigenvalue weighted by Gasteiger charge is 2.22. The predicted molar refractivity (Wildman–Crippen MR) is 72.1 cm³/mol. The van der Waals surface area contributed by atoms with E-state index in [1.54, 1.807) is 6.92 Å². The SMILES string of the molecule is COC(=O)c1c(-c2ccc(C(C)C)cc2)noc1C. The van der Waals surface area contributed by atoms with Gasteiger partial charge in [0.1, 0.15) is 17.0 Å². The van der Waals surface area contributed by atoms with Gasteiger partial charge in [-0.3, -0.25) is 0 Å². The van der Waals surface area contributed by atoms with Gasteiger partial charge in [0.25, 0.3) is 0 Å². The van der Waals surface area contributed by atoms with Crippen LogP contribution in [-0.2, 0) is 4.74 Å². The fraction of sp³-hybridized carbons (Fsp3) is 0.333. The van der Waals surface area contributed by atoms with Crippen molar-refractivity contribution < 1.29 is 14.1 Å². The van der Waals surface area contributed by atoms with Crippen LogP contribution in [0.25, 0.3) is 11.3 Å². The summed E-state index contributed by atoms with van der Waals surface area (Å²) in [6, 6.07) is 7.95. The Morgan fingerprint density at radius 1 is 1.26 bits per heavy atom. The summed E-state index contributed by atoms with van der Waals surface area (Å²) in [5.74, 6) is 0.504. The largest absolute Gasteiger partial charge is 0.465 e. The normalized spacial score (nSPS) is 10.8. The maximum absolute atomic E-state index is 11.7. The Hall–Kier alpha value is -2.10. The summed E-state index contributed by atoms with van der Waals surface area (Å²) in [5.41, 5.74) is 3.00. The molecule has 0 atom stereocenters. The van der Waals surface area contributed by atoms with Crippen molar-refractivity contribution in [1.29, 1.82) is 0 Å². The van der Waals surface area contributed by atoms with Gasteiger partial charge in [-0.15, -0.1) is 0 Å². The molecule has 1 aromatic heterocycles. The van der Waals surface area contributed by atoms with Gasteiger partial charge in [-0.2, -0.15) is 0 Å². The summed E-state index contributed by atoms with van der Waals surface area (Å²) in [4.78, 5) is 11.7. The number of methoxy groups -OCH3 is 1. The number of rotatable bonds is 3. The highest BCUT2D eigenvalue weighted by molar-refractivity contribution is 5.96. The van der Waals surface area contributed by atoms with Crippen molar-refractivity contribution in [3.8, 4) is 11.3 Å². The first kappa shape index (κ1) is 13.3. The second kappa shape index (κ2) is 5.26. The fourth-order valence-electron chi connectivity index (χ4n) is 1.94. The molecular formula is C15H17NO3. The zero-order valence-corrected chi connectivity index (χ0v) is 11.6. The van der Waals surface area contributed by atoms with Crippen LogP contribution < -0.4 is 0 Å². The molecule has 4 heteroatoms. The summed E-state index contributed by atoms with van der Waals surface area (Å²) in [6.45, 7) is 5.97. The maximum atomic E-state index is 11.7. The van der Waals surface area contributed by atoms with Gasteiger partial charge < -0.3 is 9.26 Å². The molecule has 0 radical (unpaired) electrons. The van der Waals surface area contributed by atoms with E-state index in [1.807, 2.05) is 24.3 Å². The van der Waals surface area contributed by atoms with Crippen LogP contribution in [0.5, 0.6) is 0 Å². The lowest BCUT2D eigenvalue weighted by molar-refractivity contribution is 0.0599. The van der Waals surface area contributed by atoms with Crippen LogP contribution in [-0.4, -0.2) is 18.2 Å². The zero-order chi connectivity index (χ0) is 14.0. The van der Waals surface area contributed by atoms with Crippen LogP contribution in [0.2, 0.25) is 0 Å². The van der Waals surface area contributed by atoms with Gasteiger partial charge in [0.2, 0.25) is 0 Å². The van der Waals surface area contributed by atoms with E-state index in [0.717, 1.165) is 5.56 Å². The Balaban J connectivity index is 2.45. The second-order valence-corrected chi connectivity index (χ2v) is 4.73. The summed E-state index contributed by atoms with van der Waals surface area (Å²) < 4.78 is 9.86. The molecule has 0 unspecified atom stereocenters. The number of aryl methyl sites for hydroxylation is 1. The number of benzene rings is 1. The van der Waals surface area contributed by atoms with Crippen LogP contribution >= 0.6 is 0 Å². The number of ether oxygens (including phenoxy) is 1. The number of carbonyl (C=O) groups is 1. The number of esters is 1. The minimum Gasteiger partial charge on any atom is -0.465 e. The molecule has 0 aliphatic carbocycles. The van der Waals surface area contributed by atoms with Crippen LogP contribution in [0.15, 0.2) is 28.8 Å². The Bertz CT molecular complexity index is 582. The van der Waals surface area contributed by atoms with Gasteiger partial charge in [0.15, 0.2) is 0 Å². The van der Waals surface area contributed by atoms with Gasteiger partial charge >= 0.3 is 5.97 Å². The predicted octanol–water partition coefficient (Wildman–Crippen LogP) is 3.56. The molecule has 1 aromatic carbocycles. The first-order valence-corrected chi connectivity index (χ1v) is 6.19. The minimum atomic E-state index is -0.429. The Morgan fingerprint density at radius 3 is 2.42 bits per heavy atom. The van der Waals surface area contributed by atoms with Gasteiger partial charge in [0.05, 0.1) is 7.11 Å². The first-order chi connectivity index (χ1) is 9.04. The smallest absolute Gasteiger partial charge is 0.343 e. The molecule has 100 valence electrons. The molecule has 0 amide bonds. The average molecular weight is 259 g/mol. The van der Waals surface area contributed by atoms with Gasteiger partial charge in [0, 0.05) is 5.56 Å². The van der Waals surface area contributed by atoms with E-state index in [1.165, 1.54) is 12.7 Å². The highest BCUT2D eigenvalue weighted by atomic mass is 16.5. The molecule has 2 rings (SSSR count). The third-order valence-electron chi connectivity index (χ3n) is 3.10. The topological polar surface area (TPSA) is 52.3 Å². The Morgan fingerprint density at radius 2 is 1.89 bits per heavy atom.